The minimum atomic E-state index is -1.05. The van der Waals surface area contributed by atoms with Crippen LogP contribution >= 0.6 is 12.4 Å². The molecule has 1 heterocycles. The fraction of sp³-hybridized carbons (Fsp3) is 0.421. The summed E-state index contributed by atoms with van der Waals surface area (Å²) in [5.74, 6) is -1.15. The van der Waals surface area contributed by atoms with Crippen LogP contribution in [0.25, 0.3) is 0 Å². The van der Waals surface area contributed by atoms with Gasteiger partial charge >= 0.3 is 0 Å². The number of carbonyl (C=O) groups excluding carboxylic acids is 3. The van der Waals surface area contributed by atoms with Crippen molar-refractivity contribution >= 4 is 30.0 Å². The minimum Gasteiger partial charge on any atom is -0.376 e. The molecule has 2 aromatic rings. The largest absolute Gasteiger partial charge is 0.376 e. The third-order valence-electron chi connectivity index (χ3n) is 8.23. The van der Waals surface area contributed by atoms with Gasteiger partial charge in [0.25, 0.3) is 0 Å². The molecule has 1 aliphatic carbocycles. The highest BCUT2D eigenvalue weighted by atomic mass is 35.5. The second kappa shape index (κ2) is 19.0. The van der Waals surface area contributed by atoms with Gasteiger partial charge < -0.3 is 26.0 Å². The second-order valence-electron chi connectivity index (χ2n) is 12.4. The Labute approximate surface area is 286 Å². The Balaban J connectivity index is 0.00000384. The zero-order valence-corrected chi connectivity index (χ0v) is 27.7. The summed E-state index contributed by atoms with van der Waals surface area (Å²) in [6, 6.07) is 19.6. The number of ether oxygens (including phenoxy) is 1. The lowest BCUT2D eigenvalue weighted by atomic mass is 9.91. The van der Waals surface area contributed by atoms with E-state index in [-0.39, 0.29) is 62.4 Å². The summed E-state index contributed by atoms with van der Waals surface area (Å²) in [6.07, 6.45) is 8.96. The number of ketones is 1. The molecule has 254 valence electrons. The zero-order chi connectivity index (χ0) is 32.2. The topological polar surface area (TPSA) is 114 Å². The molecule has 2 aromatic carbocycles. The summed E-state index contributed by atoms with van der Waals surface area (Å²) >= 11 is 0. The zero-order valence-electron chi connectivity index (χ0n) is 26.9. The molecular formula is C38H51ClN4O4. The van der Waals surface area contributed by atoms with Gasteiger partial charge in [0.15, 0.2) is 5.78 Å². The summed E-state index contributed by atoms with van der Waals surface area (Å²) in [7, 11) is 0. The molecule has 4 N–H and O–H groups in total. The molecule has 0 aromatic heterocycles. The minimum absolute atomic E-state index is 0. The number of Topliss-reactive ketones (excluding diaryl/α,β-unsaturated/α-hetero) is 1. The third kappa shape index (κ3) is 12.0. The van der Waals surface area contributed by atoms with Crippen LogP contribution in [0.3, 0.4) is 0 Å². The number of rotatable bonds is 16. The van der Waals surface area contributed by atoms with Crippen LogP contribution < -0.4 is 16.4 Å². The summed E-state index contributed by atoms with van der Waals surface area (Å²) in [4.78, 5) is 41.3. The van der Waals surface area contributed by atoms with Crippen LogP contribution in [0.1, 0.15) is 58.1 Å². The van der Waals surface area contributed by atoms with Crippen molar-refractivity contribution in [3.05, 3.63) is 114 Å². The van der Waals surface area contributed by atoms with Crippen molar-refractivity contribution in [2.75, 3.05) is 19.7 Å². The molecule has 9 heteroatoms. The van der Waals surface area contributed by atoms with Crippen molar-refractivity contribution in [1.29, 1.82) is 0 Å². The van der Waals surface area contributed by atoms with Gasteiger partial charge in [0.05, 0.1) is 30.4 Å². The fourth-order valence-electron chi connectivity index (χ4n) is 5.60. The highest BCUT2D eigenvalue weighted by Crippen LogP contribution is 2.29. The lowest BCUT2D eigenvalue weighted by Gasteiger charge is -2.28. The van der Waals surface area contributed by atoms with E-state index >= 15 is 0 Å². The van der Waals surface area contributed by atoms with Crippen LogP contribution in [0.5, 0.6) is 0 Å². The van der Waals surface area contributed by atoms with Crippen molar-refractivity contribution in [2.24, 2.45) is 17.6 Å². The van der Waals surface area contributed by atoms with E-state index in [2.05, 4.69) is 40.0 Å². The highest BCUT2D eigenvalue weighted by molar-refractivity contribution is 5.92. The van der Waals surface area contributed by atoms with E-state index in [0.29, 0.717) is 25.3 Å². The predicted molar refractivity (Wildman–Crippen MR) is 190 cm³/mol. The Morgan fingerprint density at radius 2 is 1.74 bits per heavy atom. The number of hydrogen-bond donors (Lipinski definition) is 3. The van der Waals surface area contributed by atoms with Crippen molar-refractivity contribution in [2.45, 2.75) is 71.6 Å². The van der Waals surface area contributed by atoms with Crippen molar-refractivity contribution in [3.8, 4) is 0 Å². The van der Waals surface area contributed by atoms with Gasteiger partial charge in [-0.05, 0) is 50.3 Å². The van der Waals surface area contributed by atoms with Crippen LogP contribution in [0.2, 0.25) is 0 Å². The van der Waals surface area contributed by atoms with E-state index < -0.39 is 11.5 Å². The Morgan fingerprint density at radius 1 is 1.09 bits per heavy atom. The number of amides is 2. The Kier molecular flexibility index (Phi) is 15.9. The monoisotopic (exact) mass is 662 g/mol. The lowest BCUT2D eigenvalue weighted by Crippen LogP contribution is -2.44. The molecule has 0 bridgehead atoms. The summed E-state index contributed by atoms with van der Waals surface area (Å²) < 4.78 is 5.85. The van der Waals surface area contributed by atoms with Gasteiger partial charge in [-0.2, -0.15) is 0 Å². The SMILES string of the molecule is C.C=C=C(CC1C=CC(NC(=O)[C@@H](COCc2ccccc2)CC(=O)C(C)(C)N)=C1)N1CCC[C@@H]1C(=O)NCCc1ccccc1.Cl. The normalized spacial score (nSPS) is 17.4. The number of nitrogens with zero attached hydrogens (tertiary/aromatic N) is 1. The molecule has 4 rings (SSSR count). The number of hydrogen-bond acceptors (Lipinski definition) is 6. The first-order valence-corrected chi connectivity index (χ1v) is 15.8. The van der Waals surface area contributed by atoms with Gasteiger partial charge in [0, 0.05) is 37.5 Å². The molecule has 2 amide bonds. The first kappa shape index (κ1) is 39.2. The van der Waals surface area contributed by atoms with E-state index in [4.69, 9.17) is 10.5 Å². The first-order chi connectivity index (χ1) is 21.6. The third-order valence-corrected chi connectivity index (χ3v) is 8.23. The molecule has 2 aliphatic rings. The van der Waals surface area contributed by atoms with Gasteiger partial charge in [0.1, 0.15) is 6.04 Å². The molecule has 47 heavy (non-hydrogen) atoms. The van der Waals surface area contributed by atoms with E-state index in [9.17, 15) is 14.4 Å². The van der Waals surface area contributed by atoms with E-state index in [0.717, 1.165) is 37.1 Å². The van der Waals surface area contributed by atoms with Gasteiger partial charge in [-0.1, -0.05) is 86.8 Å². The Morgan fingerprint density at radius 3 is 2.38 bits per heavy atom. The van der Waals surface area contributed by atoms with Crippen molar-refractivity contribution < 1.29 is 19.1 Å². The fourth-order valence-corrected chi connectivity index (χ4v) is 5.60. The maximum atomic E-state index is 13.4. The van der Waals surface area contributed by atoms with Gasteiger partial charge in [-0.3, -0.25) is 14.4 Å². The van der Waals surface area contributed by atoms with Crippen molar-refractivity contribution in [1.82, 2.24) is 15.5 Å². The summed E-state index contributed by atoms with van der Waals surface area (Å²) in [5.41, 5.74) is 11.8. The highest BCUT2D eigenvalue weighted by Gasteiger charge is 2.33. The maximum absolute atomic E-state index is 13.4. The summed E-state index contributed by atoms with van der Waals surface area (Å²) in [5, 5.41) is 6.08. The number of nitrogens with two attached hydrogens (primary N) is 1. The average molecular weight is 663 g/mol. The summed E-state index contributed by atoms with van der Waals surface area (Å²) in [6.45, 7) is 9.01. The average Bonchev–Trinajstić information content (AvgIpc) is 3.69. The van der Waals surface area contributed by atoms with Crippen molar-refractivity contribution in [3.63, 3.8) is 0 Å². The van der Waals surface area contributed by atoms with Crippen LogP contribution in [0, 0.1) is 11.8 Å². The molecule has 1 unspecified atom stereocenters. The van der Waals surface area contributed by atoms with E-state index in [1.165, 1.54) is 5.56 Å². The van der Waals surface area contributed by atoms with Crippen LogP contribution in [-0.2, 0) is 32.1 Å². The lowest BCUT2D eigenvalue weighted by molar-refractivity contribution is -0.132. The number of allylic oxidation sites excluding steroid dienone is 4. The quantitative estimate of drug-likeness (QED) is 0.201. The molecule has 1 fully saturated rings. The molecule has 1 aliphatic heterocycles. The van der Waals surface area contributed by atoms with Gasteiger partial charge in [0.2, 0.25) is 11.8 Å². The van der Waals surface area contributed by atoms with E-state index in [1.807, 2.05) is 66.8 Å². The second-order valence-corrected chi connectivity index (χ2v) is 12.4. The van der Waals surface area contributed by atoms with Crippen LogP contribution in [-0.4, -0.2) is 53.8 Å². The van der Waals surface area contributed by atoms with Gasteiger partial charge in [-0.15, -0.1) is 18.1 Å². The van der Waals surface area contributed by atoms with Crippen LogP contribution in [0.4, 0.5) is 0 Å². The van der Waals surface area contributed by atoms with E-state index in [1.54, 1.807) is 13.8 Å². The molecular weight excluding hydrogens is 612 g/mol. The first-order valence-electron chi connectivity index (χ1n) is 15.8. The molecule has 3 atom stereocenters. The number of likely N-dealkylation sites (tertiary alicyclic amines) is 1. The smallest absolute Gasteiger partial charge is 0.242 e. The standard InChI is InChI=1S/C37H46N4O4.CH4.ClH/c1-4-32(41-21-11-16-33(41)36(44)39-20-19-27-12-7-5-8-13-27)23-29-17-18-31(22-29)40-35(43)30(24-34(42)37(2,3)38)26-45-25-28-14-9-6-10-15-28;;/h5-10,12-15,17-18,22,29-30,33H,1,11,16,19-21,23-26,38H2,2-3H3,(H,39,44)(H,40,43);1H4;1H/t29?,30-,33-;;/m1../s1. The number of halogens is 1. The molecule has 0 saturated carbocycles. The number of carbonyl (C=O) groups is 3. The maximum Gasteiger partial charge on any atom is 0.242 e. The number of benzene rings is 2. The predicted octanol–water partition coefficient (Wildman–Crippen LogP) is 5.64. The molecule has 0 spiro atoms. The molecule has 8 nitrogen and oxygen atoms in total. The van der Waals surface area contributed by atoms with Crippen LogP contribution in [0.15, 0.2) is 103 Å². The van der Waals surface area contributed by atoms with Gasteiger partial charge in [-0.25, -0.2) is 0 Å². The Bertz CT molecular complexity index is 1430. The molecule has 1 saturated heterocycles. The number of nitrogens with one attached hydrogen (secondary N) is 2. The molecule has 0 radical (unpaired) electrons. The Hall–Kier alpha value is -3.94.